The molecule has 1 aliphatic rings. The molecule has 1 fully saturated rings. The zero-order valence-corrected chi connectivity index (χ0v) is 9.91. The molecule has 0 amide bonds. The van der Waals surface area contributed by atoms with E-state index in [1.54, 1.807) is 6.20 Å². The smallest absolute Gasteiger partial charge is 0.150 e. The summed E-state index contributed by atoms with van der Waals surface area (Å²) in [5.74, 6) is 0. The minimum atomic E-state index is 0.103. The van der Waals surface area contributed by atoms with Crippen LogP contribution in [-0.2, 0) is 11.8 Å². The summed E-state index contributed by atoms with van der Waals surface area (Å²) < 4.78 is 9.47. The van der Waals surface area contributed by atoms with Gasteiger partial charge in [-0.15, -0.1) is 0 Å². The summed E-state index contributed by atoms with van der Waals surface area (Å²) in [6, 6.07) is 1.99. The van der Waals surface area contributed by atoms with E-state index in [4.69, 9.17) is 4.74 Å². The first kappa shape index (κ1) is 10.5. The molecule has 3 heterocycles. The highest BCUT2D eigenvalue weighted by Crippen LogP contribution is 2.24. The molecule has 0 radical (unpaired) electrons. The summed E-state index contributed by atoms with van der Waals surface area (Å²) >= 11 is 0. The lowest BCUT2D eigenvalue weighted by molar-refractivity contribution is -0.0394. The number of rotatable bonds is 2. The number of hydrogen-bond donors (Lipinski definition) is 0. The predicted molar refractivity (Wildman–Crippen MR) is 63.3 cm³/mol. The van der Waals surface area contributed by atoms with Gasteiger partial charge in [-0.3, -0.25) is 4.68 Å². The van der Waals surface area contributed by atoms with Crippen LogP contribution >= 0.6 is 0 Å². The predicted octanol–water partition coefficient (Wildman–Crippen LogP) is 1.98. The Kier molecular flexibility index (Phi) is 2.68. The lowest BCUT2D eigenvalue weighted by Gasteiger charge is -2.22. The molecule has 1 saturated heterocycles. The molecule has 0 N–H and O–H groups in total. The Balaban J connectivity index is 1.85. The van der Waals surface area contributed by atoms with Gasteiger partial charge >= 0.3 is 0 Å². The van der Waals surface area contributed by atoms with E-state index in [2.05, 4.69) is 10.2 Å². The number of aryl methyl sites for hydroxylation is 1. The number of hydrogen-bond acceptors (Lipinski definition) is 3. The van der Waals surface area contributed by atoms with E-state index in [1.807, 2.05) is 34.9 Å². The molecule has 0 bridgehead atoms. The third-order valence-electron chi connectivity index (χ3n) is 3.17. The lowest BCUT2D eigenvalue weighted by Crippen LogP contribution is -2.18. The monoisotopic (exact) mass is 232 g/mol. The second-order valence-corrected chi connectivity index (χ2v) is 4.37. The SMILES string of the molecule is Cn1nccc1-c1cnn([C@@H]2CCCCO2)c1. The van der Waals surface area contributed by atoms with Crippen molar-refractivity contribution in [3.63, 3.8) is 0 Å². The minimum Gasteiger partial charge on any atom is -0.357 e. The van der Waals surface area contributed by atoms with Crippen LogP contribution in [0.25, 0.3) is 11.3 Å². The van der Waals surface area contributed by atoms with E-state index in [0.717, 1.165) is 30.7 Å². The molecule has 5 nitrogen and oxygen atoms in total. The van der Waals surface area contributed by atoms with Crippen LogP contribution in [0.15, 0.2) is 24.7 Å². The third-order valence-corrected chi connectivity index (χ3v) is 3.17. The highest BCUT2D eigenvalue weighted by atomic mass is 16.5. The lowest BCUT2D eigenvalue weighted by atomic mass is 10.2. The van der Waals surface area contributed by atoms with Crippen molar-refractivity contribution in [3.8, 4) is 11.3 Å². The number of aromatic nitrogens is 4. The van der Waals surface area contributed by atoms with Gasteiger partial charge in [0.25, 0.3) is 0 Å². The highest BCUT2D eigenvalue weighted by molar-refractivity contribution is 5.56. The van der Waals surface area contributed by atoms with Gasteiger partial charge < -0.3 is 4.74 Å². The molecule has 1 aliphatic heterocycles. The van der Waals surface area contributed by atoms with Crippen LogP contribution in [0.2, 0.25) is 0 Å². The zero-order chi connectivity index (χ0) is 11.7. The molecular formula is C12H16N4O. The van der Waals surface area contributed by atoms with Crippen LogP contribution in [0.1, 0.15) is 25.5 Å². The Morgan fingerprint density at radius 2 is 2.29 bits per heavy atom. The molecule has 0 spiro atoms. The Morgan fingerprint density at radius 1 is 1.35 bits per heavy atom. The maximum Gasteiger partial charge on any atom is 0.150 e. The Hall–Kier alpha value is -1.62. The van der Waals surface area contributed by atoms with Gasteiger partial charge in [-0.05, 0) is 25.3 Å². The number of nitrogens with zero attached hydrogens (tertiary/aromatic N) is 4. The normalized spacial score (nSPS) is 20.6. The van der Waals surface area contributed by atoms with Crippen LogP contribution in [0.3, 0.4) is 0 Å². The van der Waals surface area contributed by atoms with Crippen LogP contribution < -0.4 is 0 Å². The average Bonchev–Trinajstić information content (AvgIpc) is 2.98. The van der Waals surface area contributed by atoms with Gasteiger partial charge in [0.2, 0.25) is 0 Å². The standard InChI is InChI=1S/C12H16N4O/c1-15-11(5-6-13-15)10-8-14-16(9-10)12-4-2-3-7-17-12/h5-6,8-9,12H,2-4,7H2,1H3/t12-/m0/s1. The molecule has 90 valence electrons. The molecule has 0 aromatic carbocycles. The Morgan fingerprint density at radius 3 is 3.00 bits per heavy atom. The molecule has 1 atom stereocenters. The third kappa shape index (κ3) is 1.98. The summed E-state index contributed by atoms with van der Waals surface area (Å²) in [6.07, 6.45) is 9.22. The van der Waals surface area contributed by atoms with Crippen molar-refractivity contribution < 1.29 is 4.74 Å². The van der Waals surface area contributed by atoms with E-state index in [9.17, 15) is 0 Å². The van der Waals surface area contributed by atoms with E-state index >= 15 is 0 Å². The van der Waals surface area contributed by atoms with Crippen molar-refractivity contribution in [1.82, 2.24) is 19.6 Å². The van der Waals surface area contributed by atoms with E-state index in [-0.39, 0.29) is 6.23 Å². The second-order valence-electron chi connectivity index (χ2n) is 4.37. The van der Waals surface area contributed by atoms with Crippen molar-refractivity contribution in [2.45, 2.75) is 25.5 Å². The van der Waals surface area contributed by atoms with Crippen LogP contribution in [0.5, 0.6) is 0 Å². The van der Waals surface area contributed by atoms with Gasteiger partial charge in [-0.25, -0.2) is 4.68 Å². The second kappa shape index (κ2) is 4.33. The van der Waals surface area contributed by atoms with Crippen molar-refractivity contribution in [3.05, 3.63) is 24.7 Å². The van der Waals surface area contributed by atoms with Crippen molar-refractivity contribution in [1.29, 1.82) is 0 Å². The maximum atomic E-state index is 5.70. The fourth-order valence-electron chi connectivity index (χ4n) is 2.22. The van der Waals surface area contributed by atoms with Gasteiger partial charge in [0.1, 0.15) is 6.23 Å². The summed E-state index contributed by atoms with van der Waals surface area (Å²) in [5.41, 5.74) is 2.16. The quantitative estimate of drug-likeness (QED) is 0.795. The molecule has 2 aromatic rings. The molecule has 17 heavy (non-hydrogen) atoms. The number of ether oxygens (including phenoxy) is 1. The van der Waals surface area contributed by atoms with E-state index in [0.29, 0.717) is 0 Å². The van der Waals surface area contributed by atoms with Gasteiger partial charge in [0.05, 0.1) is 11.9 Å². The molecule has 0 saturated carbocycles. The van der Waals surface area contributed by atoms with Crippen molar-refractivity contribution in [2.24, 2.45) is 7.05 Å². The van der Waals surface area contributed by atoms with Crippen molar-refractivity contribution >= 4 is 0 Å². The minimum absolute atomic E-state index is 0.103. The van der Waals surface area contributed by atoms with E-state index in [1.165, 1.54) is 6.42 Å². The van der Waals surface area contributed by atoms with Gasteiger partial charge in [-0.1, -0.05) is 0 Å². The van der Waals surface area contributed by atoms with Gasteiger partial charge in [-0.2, -0.15) is 10.2 Å². The van der Waals surface area contributed by atoms with Gasteiger partial charge in [0.15, 0.2) is 0 Å². The summed E-state index contributed by atoms with van der Waals surface area (Å²) in [5, 5.41) is 8.55. The Labute approximate surface area is 100 Å². The van der Waals surface area contributed by atoms with Gasteiger partial charge in [0, 0.05) is 31.6 Å². The first-order valence-electron chi connectivity index (χ1n) is 5.99. The van der Waals surface area contributed by atoms with E-state index < -0.39 is 0 Å². The fraction of sp³-hybridized carbons (Fsp3) is 0.500. The first-order chi connectivity index (χ1) is 8.34. The average molecular weight is 232 g/mol. The molecule has 0 unspecified atom stereocenters. The molecule has 2 aromatic heterocycles. The molecular weight excluding hydrogens is 216 g/mol. The Bertz CT molecular complexity index is 496. The largest absolute Gasteiger partial charge is 0.357 e. The molecule has 0 aliphatic carbocycles. The topological polar surface area (TPSA) is 44.9 Å². The van der Waals surface area contributed by atoms with Crippen LogP contribution in [-0.4, -0.2) is 26.2 Å². The summed E-state index contributed by atoms with van der Waals surface area (Å²) in [7, 11) is 1.93. The van der Waals surface area contributed by atoms with Crippen LogP contribution in [0.4, 0.5) is 0 Å². The summed E-state index contributed by atoms with van der Waals surface area (Å²) in [6.45, 7) is 0.839. The summed E-state index contributed by atoms with van der Waals surface area (Å²) in [4.78, 5) is 0. The first-order valence-corrected chi connectivity index (χ1v) is 5.99. The molecule has 5 heteroatoms. The fourth-order valence-corrected chi connectivity index (χ4v) is 2.22. The maximum absolute atomic E-state index is 5.70. The highest BCUT2D eigenvalue weighted by Gasteiger charge is 2.17. The van der Waals surface area contributed by atoms with Crippen LogP contribution in [0, 0.1) is 0 Å². The zero-order valence-electron chi connectivity index (χ0n) is 9.91. The molecule has 3 rings (SSSR count). The van der Waals surface area contributed by atoms with Crippen molar-refractivity contribution in [2.75, 3.05) is 6.61 Å².